The van der Waals surface area contributed by atoms with Crippen molar-refractivity contribution in [2.45, 2.75) is 19.5 Å². The summed E-state index contributed by atoms with van der Waals surface area (Å²) in [6.07, 6.45) is 0. The van der Waals surface area contributed by atoms with Crippen molar-refractivity contribution in [2.75, 3.05) is 0 Å². The second-order valence-electron chi connectivity index (χ2n) is 9.40. The van der Waals surface area contributed by atoms with E-state index in [1.54, 1.807) is 18.2 Å². The van der Waals surface area contributed by atoms with Crippen LogP contribution in [0.3, 0.4) is 0 Å². The fourth-order valence-electron chi connectivity index (χ4n) is 4.35. The first-order valence-electron chi connectivity index (χ1n) is 12.6. The Labute approximate surface area is 241 Å². The van der Waals surface area contributed by atoms with Crippen molar-refractivity contribution < 1.29 is 14.7 Å². The van der Waals surface area contributed by atoms with Gasteiger partial charge in [-0.05, 0) is 65.6 Å². The highest BCUT2D eigenvalue weighted by atomic mass is 35.5. The Hall–Kier alpha value is -4.39. The van der Waals surface area contributed by atoms with Gasteiger partial charge in [0, 0.05) is 21.2 Å². The summed E-state index contributed by atoms with van der Waals surface area (Å²) in [7, 11) is 0. The molecule has 0 saturated heterocycles. The van der Waals surface area contributed by atoms with E-state index in [9.17, 15) is 9.59 Å². The van der Waals surface area contributed by atoms with Crippen LogP contribution in [0.2, 0.25) is 10.0 Å². The minimum absolute atomic E-state index is 0.378. The average Bonchev–Trinajstić information content (AvgIpc) is 3.37. The van der Waals surface area contributed by atoms with Crippen LogP contribution in [0.25, 0.3) is 33.6 Å². The van der Waals surface area contributed by atoms with Crippen molar-refractivity contribution in [3.63, 3.8) is 0 Å². The van der Waals surface area contributed by atoms with Gasteiger partial charge in [0.1, 0.15) is 6.04 Å². The third kappa shape index (κ3) is 6.25. The van der Waals surface area contributed by atoms with E-state index in [1.165, 1.54) is 6.92 Å². The zero-order chi connectivity index (χ0) is 28.2. The molecule has 0 saturated carbocycles. The number of amides is 1. The second-order valence-corrected chi connectivity index (χ2v) is 10.3. The highest BCUT2D eigenvalue weighted by molar-refractivity contribution is 6.35. The molecule has 6 nitrogen and oxygen atoms in total. The van der Waals surface area contributed by atoms with Gasteiger partial charge in [0.05, 0.1) is 17.9 Å². The molecule has 0 spiro atoms. The Morgan fingerprint density at radius 3 is 2.02 bits per heavy atom. The summed E-state index contributed by atoms with van der Waals surface area (Å²) in [5.41, 5.74) is 6.98. The van der Waals surface area contributed by atoms with Crippen molar-refractivity contribution in [2.24, 2.45) is 0 Å². The third-order valence-electron chi connectivity index (χ3n) is 6.49. The van der Waals surface area contributed by atoms with Crippen LogP contribution in [0.5, 0.6) is 0 Å². The average molecular weight is 570 g/mol. The van der Waals surface area contributed by atoms with Crippen molar-refractivity contribution in [1.29, 1.82) is 0 Å². The number of aromatic nitrogens is 2. The lowest BCUT2D eigenvalue weighted by atomic mass is 10.0. The normalized spacial score (nSPS) is 11.7. The predicted molar refractivity (Wildman–Crippen MR) is 159 cm³/mol. The standard InChI is InChI=1S/C32H25Cl2N3O3/c1-20(32(39)40)35-31(38)25-9-7-21(8-10-25)19-37-30(18-29(36-37)26-15-27(33)17-28(34)16-26)24-13-11-23(12-14-24)22-5-3-2-4-6-22/h2-18,20H,19H2,1H3,(H,35,38)(H,39,40)/t20-/m0/s1. The van der Waals surface area contributed by atoms with Crippen molar-refractivity contribution >= 4 is 35.1 Å². The lowest BCUT2D eigenvalue weighted by molar-refractivity contribution is -0.138. The number of benzene rings is 4. The topological polar surface area (TPSA) is 84.2 Å². The SMILES string of the molecule is C[C@H](NC(=O)c1ccc(Cn2nc(-c3cc(Cl)cc(Cl)c3)cc2-c2ccc(-c3ccccc3)cc2)cc1)C(=O)O. The van der Waals surface area contributed by atoms with Crippen molar-refractivity contribution in [3.05, 3.63) is 124 Å². The second kappa shape index (κ2) is 11.8. The van der Waals surface area contributed by atoms with Gasteiger partial charge in [-0.1, -0.05) is 89.9 Å². The minimum Gasteiger partial charge on any atom is -0.480 e. The van der Waals surface area contributed by atoms with Crippen LogP contribution in [0, 0.1) is 0 Å². The van der Waals surface area contributed by atoms with Crippen LogP contribution >= 0.6 is 23.2 Å². The van der Waals surface area contributed by atoms with E-state index in [1.807, 2.05) is 53.2 Å². The first kappa shape index (κ1) is 27.2. The van der Waals surface area contributed by atoms with Gasteiger partial charge in [0.15, 0.2) is 0 Å². The maximum atomic E-state index is 12.4. The van der Waals surface area contributed by atoms with Gasteiger partial charge in [0.2, 0.25) is 0 Å². The third-order valence-corrected chi connectivity index (χ3v) is 6.93. The molecule has 2 N–H and O–H groups in total. The van der Waals surface area contributed by atoms with Crippen LogP contribution in [-0.2, 0) is 11.3 Å². The summed E-state index contributed by atoms with van der Waals surface area (Å²) in [5, 5.41) is 17.5. The highest BCUT2D eigenvalue weighted by Crippen LogP contribution is 2.32. The molecule has 1 heterocycles. The van der Waals surface area contributed by atoms with Crippen LogP contribution in [-0.4, -0.2) is 32.8 Å². The summed E-state index contributed by atoms with van der Waals surface area (Å²) >= 11 is 12.5. The fraction of sp³-hybridized carbons (Fsp3) is 0.0938. The summed E-state index contributed by atoms with van der Waals surface area (Å²) in [5.74, 6) is -1.54. The lowest BCUT2D eigenvalue weighted by Gasteiger charge is -2.11. The lowest BCUT2D eigenvalue weighted by Crippen LogP contribution is -2.38. The zero-order valence-corrected chi connectivity index (χ0v) is 23.0. The van der Waals surface area contributed by atoms with Crippen molar-refractivity contribution in [1.82, 2.24) is 15.1 Å². The van der Waals surface area contributed by atoms with Gasteiger partial charge >= 0.3 is 5.97 Å². The van der Waals surface area contributed by atoms with Gasteiger partial charge in [-0.15, -0.1) is 0 Å². The van der Waals surface area contributed by atoms with Crippen molar-refractivity contribution in [3.8, 4) is 33.6 Å². The minimum atomic E-state index is -1.09. The number of halogens is 2. The summed E-state index contributed by atoms with van der Waals surface area (Å²) in [6.45, 7) is 1.86. The molecule has 5 aromatic rings. The molecule has 8 heteroatoms. The number of carbonyl (C=O) groups excluding carboxylic acids is 1. The molecule has 1 aromatic heterocycles. The number of rotatable bonds is 8. The number of nitrogens with one attached hydrogen (secondary N) is 1. The molecule has 0 radical (unpaired) electrons. The van der Waals surface area contributed by atoms with Crippen LogP contribution in [0.1, 0.15) is 22.8 Å². The number of aliphatic carboxylic acids is 1. The number of carboxylic acids is 1. The fourth-order valence-corrected chi connectivity index (χ4v) is 4.88. The Bertz CT molecular complexity index is 1640. The van der Waals surface area contributed by atoms with Gasteiger partial charge in [0.25, 0.3) is 5.91 Å². The summed E-state index contributed by atoms with van der Waals surface area (Å²) < 4.78 is 1.91. The number of nitrogens with zero attached hydrogens (tertiary/aromatic N) is 2. The Morgan fingerprint density at radius 1 is 0.800 bits per heavy atom. The van der Waals surface area contributed by atoms with Crippen LogP contribution < -0.4 is 5.32 Å². The summed E-state index contributed by atoms with van der Waals surface area (Å²) in [6, 6.07) is 31.9. The molecule has 0 aliphatic carbocycles. The van der Waals surface area contributed by atoms with E-state index in [4.69, 9.17) is 33.4 Å². The molecule has 1 amide bonds. The van der Waals surface area contributed by atoms with Crippen LogP contribution in [0.15, 0.2) is 103 Å². The van der Waals surface area contributed by atoms with E-state index in [0.717, 1.165) is 39.2 Å². The smallest absolute Gasteiger partial charge is 0.325 e. The molecule has 0 unspecified atom stereocenters. The largest absolute Gasteiger partial charge is 0.480 e. The molecular formula is C32H25Cl2N3O3. The molecular weight excluding hydrogens is 545 g/mol. The molecule has 0 bridgehead atoms. The molecule has 0 aliphatic rings. The molecule has 0 aliphatic heterocycles. The Kier molecular flexibility index (Phi) is 8.01. The first-order chi connectivity index (χ1) is 19.3. The van der Waals surface area contributed by atoms with Crippen LogP contribution in [0.4, 0.5) is 0 Å². The van der Waals surface area contributed by atoms with E-state index in [2.05, 4.69) is 41.7 Å². The Morgan fingerprint density at radius 2 is 1.40 bits per heavy atom. The highest BCUT2D eigenvalue weighted by Gasteiger charge is 2.16. The molecule has 5 rings (SSSR count). The molecule has 0 fully saturated rings. The maximum Gasteiger partial charge on any atom is 0.325 e. The van der Waals surface area contributed by atoms with E-state index < -0.39 is 17.9 Å². The number of hydrogen-bond acceptors (Lipinski definition) is 3. The molecule has 4 aromatic carbocycles. The molecule has 1 atom stereocenters. The van der Waals surface area contributed by atoms with Gasteiger partial charge in [-0.3, -0.25) is 14.3 Å². The Balaban J connectivity index is 1.47. The summed E-state index contributed by atoms with van der Waals surface area (Å²) in [4.78, 5) is 23.5. The number of hydrogen-bond donors (Lipinski definition) is 2. The van der Waals surface area contributed by atoms with E-state index >= 15 is 0 Å². The van der Waals surface area contributed by atoms with Gasteiger partial charge in [-0.25, -0.2) is 0 Å². The number of carbonyl (C=O) groups is 2. The first-order valence-corrected chi connectivity index (χ1v) is 13.4. The zero-order valence-electron chi connectivity index (χ0n) is 21.5. The number of carboxylic acid groups (broad SMARTS) is 1. The van der Waals surface area contributed by atoms with Gasteiger partial charge < -0.3 is 10.4 Å². The molecule has 40 heavy (non-hydrogen) atoms. The van der Waals surface area contributed by atoms with E-state index in [0.29, 0.717) is 22.2 Å². The monoisotopic (exact) mass is 569 g/mol. The maximum absolute atomic E-state index is 12.4. The van der Waals surface area contributed by atoms with Gasteiger partial charge in [-0.2, -0.15) is 5.10 Å². The predicted octanol–water partition coefficient (Wildman–Crippen LogP) is 7.44. The molecule has 200 valence electrons. The quantitative estimate of drug-likeness (QED) is 0.203. The van der Waals surface area contributed by atoms with E-state index in [-0.39, 0.29) is 0 Å².